The lowest BCUT2D eigenvalue weighted by Crippen LogP contribution is -2.46. The van der Waals surface area contributed by atoms with Crippen LogP contribution in [0.25, 0.3) is 0 Å². The monoisotopic (exact) mass is 456 g/mol. The van der Waals surface area contributed by atoms with Crippen molar-refractivity contribution in [2.45, 2.75) is 111 Å². The van der Waals surface area contributed by atoms with Gasteiger partial charge in [0.1, 0.15) is 11.6 Å². The van der Waals surface area contributed by atoms with Crippen molar-refractivity contribution in [1.29, 1.82) is 0 Å². The van der Waals surface area contributed by atoms with Gasteiger partial charge in [0.2, 0.25) is 0 Å². The first-order valence-corrected chi connectivity index (χ1v) is 12.9. The van der Waals surface area contributed by atoms with E-state index in [1.807, 2.05) is 20.8 Å². The van der Waals surface area contributed by atoms with E-state index in [-0.39, 0.29) is 5.92 Å². The van der Waals surface area contributed by atoms with Crippen LogP contribution in [0.3, 0.4) is 0 Å². The highest BCUT2D eigenvalue weighted by atomic mass is 19.1. The normalized spacial score (nSPS) is 12.9. The topological polar surface area (TPSA) is 27.7 Å². The lowest BCUT2D eigenvalue weighted by Gasteiger charge is -2.39. The van der Waals surface area contributed by atoms with Crippen LogP contribution in [-0.2, 0) is 20.6 Å². The molecule has 186 valence electrons. The van der Waals surface area contributed by atoms with Gasteiger partial charge in [0, 0.05) is 31.8 Å². The largest absolute Gasteiger partial charge is 0.328 e. The molecule has 0 bridgehead atoms. The average molecular weight is 457 g/mol. The van der Waals surface area contributed by atoms with Gasteiger partial charge in [-0.25, -0.2) is 8.78 Å². The standard InChI is InChI=1S/C27H46F2O3/c1-5-9-10-11-12-15-18-24(27(30-6-2,31-7-3)32-8-4)19-16-13-14-17-23-20-21-25(28)22-26(23)29/h20-22,24H,5-19H2,1-4H3. The molecule has 1 aromatic carbocycles. The minimum atomic E-state index is -0.981. The molecule has 0 aliphatic rings. The molecule has 0 spiro atoms. The molecule has 0 N–H and O–H groups in total. The van der Waals surface area contributed by atoms with Crippen LogP contribution >= 0.6 is 0 Å². The Morgan fingerprint density at radius 1 is 0.719 bits per heavy atom. The van der Waals surface area contributed by atoms with E-state index in [2.05, 4.69) is 6.92 Å². The van der Waals surface area contributed by atoms with Gasteiger partial charge in [0.05, 0.1) is 0 Å². The zero-order chi connectivity index (χ0) is 23.7. The Morgan fingerprint density at radius 2 is 1.25 bits per heavy atom. The van der Waals surface area contributed by atoms with Crippen molar-refractivity contribution in [2.24, 2.45) is 5.92 Å². The molecule has 32 heavy (non-hydrogen) atoms. The van der Waals surface area contributed by atoms with E-state index in [9.17, 15) is 8.78 Å². The van der Waals surface area contributed by atoms with Crippen LogP contribution in [0.5, 0.6) is 0 Å². The third-order valence-corrected chi connectivity index (χ3v) is 5.96. The molecule has 0 saturated heterocycles. The molecule has 1 aromatic rings. The Balaban J connectivity index is 2.65. The van der Waals surface area contributed by atoms with Crippen LogP contribution < -0.4 is 0 Å². The summed E-state index contributed by atoms with van der Waals surface area (Å²) in [6.07, 6.45) is 12.9. The minimum Gasteiger partial charge on any atom is -0.328 e. The predicted molar refractivity (Wildman–Crippen MR) is 128 cm³/mol. The number of benzene rings is 1. The molecule has 0 aromatic heterocycles. The fraction of sp³-hybridized carbons (Fsp3) is 0.778. The summed E-state index contributed by atoms with van der Waals surface area (Å²) >= 11 is 0. The van der Waals surface area contributed by atoms with Crippen LogP contribution in [0.2, 0.25) is 0 Å². The number of ether oxygens (including phenoxy) is 3. The SMILES string of the molecule is CCCCCCCCC(CCCCCc1ccc(F)cc1F)C(OCC)(OCC)OCC. The van der Waals surface area contributed by atoms with Crippen LogP contribution in [0, 0.1) is 17.6 Å². The molecule has 0 aliphatic carbocycles. The van der Waals surface area contributed by atoms with E-state index in [0.717, 1.165) is 44.6 Å². The van der Waals surface area contributed by atoms with Crippen molar-refractivity contribution in [3.05, 3.63) is 35.4 Å². The number of rotatable bonds is 20. The summed E-state index contributed by atoms with van der Waals surface area (Å²) < 4.78 is 45.2. The van der Waals surface area contributed by atoms with Crippen LogP contribution in [0.4, 0.5) is 8.78 Å². The molecule has 0 aliphatic heterocycles. The Kier molecular flexibility index (Phi) is 15.8. The molecule has 5 heteroatoms. The van der Waals surface area contributed by atoms with Gasteiger partial charge >= 0.3 is 0 Å². The fourth-order valence-corrected chi connectivity index (χ4v) is 4.36. The number of halogens is 2. The van der Waals surface area contributed by atoms with E-state index < -0.39 is 17.6 Å². The van der Waals surface area contributed by atoms with Crippen LogP contribution in [-0.4, -0.2) is 25.8 Å². The van der Waals surface area contributed by atoms with Crippen molar-refractivity contribution in [2.75, 3.05) is 19.8 Å². The summed E-state index contributed by atoms with van der Waals surface area (Å²) in [5.74, 6) is -1.79. The van der Waals surface area contributed by atoms with E-state index in [1.54, 1.807) is 6.07 Å². The molecule has 1 rings (SSSR count). The smallest absolute Gasteiger partial charge is 0.285 e. The zero-order valence-corrected chi connectivity index (χ0v) is 20.9. The fourth-order valence-electron chi connectivity index (χ4n) is 4.36. The molecule has 0 saturated carbocycles. The molecule has 0 radical (unpaired) electrons. The van der Waals surface area contributed by atoms with Gasteiger partial charge in [-0.1, -0.05) is 64.4 Å². The first-order valence-electron chi connectivity index (χ1n) is 12.9. The van der Waals surface area contributed by atoms with Crippen molar-refractivity contribution in [1.82, 2.24) is 0 Å². The number of hydrogen-bond donors (Lipinski definition) is 0. The van der Waals surface area contributed by atoms with E-state index in [0.29, 0.717) is 31.8 Å². The van der Waals surface area contributed by atoms with Crippen LogP contribution in [0.15, 0.2) is 18.2 Å². The lowest BCUT2D eigenvalue weighted by molar-refractivity contribution is -0.403. The molecule has 0 fully saturated rings. The van der Waals surface area contributed by atoms with Gasteiger partial charge in [0.15, 0.2) is 0 Å². The predicted octanol–water partition coefficient (Wildman–Crippen LogP) is 8.20. The van der Waals surface area contributed by atoms with Gasteiger partial charge in [-0.05, 0) is 58.1 Å². The lowest BCUT2D eigenvalue weighted by atomic mass is 9.91. The van der Waals surface area contributed by atoms with Crippen LogP contribution in [0.1, 0.15) is 104 Å². The van der Waals surface area contributed by atoms with Gasteiger partial charge in [-0.2, -0.15) is 0 Å². The second-order valence-electron chi connectivity index (χ2n) is 8.49. The Bertz CT molecular complexity index is 577. The van der Waals surface area contributed by atoms with E-state index >= 15 is 0 Å². The number of hydrogen-bond acceptors (Lipinski definition) is 3. The molecule has 3 nitrogen and oxygen atoms in total. The quantitative estimate of drug-likeness (QED) is 0.146. The van der Waals surface area contributed by atoms with E-state index in [1.165, 1.54) is 38.2 Å². The van der Waals surface area contributed by atoms with Crippen molar-refractivity contribution in [3.63, 3.8) is 0 Å². The molecule has 1 atom stereocenters. The highest BCUT2D eigenvalue weighted by Gasteiger charge is 2.41. The molecule has 0 heterocycles. The van der Waals surface area contributed by atoms with Gasteiger partial charge in [-0.15, -0.1) is 0 Å². The molecular formula is C27H46F2O3. The second-order valence-corrected chi connectivity index (χ2v) is 8.49. The summed E-state index contributed by atoms with van der Waals surface area (Å²) in [5.41, 5.74) is 0.585. The van der Waals surface area contributed by atoms with Gasteiger partial charge in [-0.3, -0.25) is 0 Å². The summed E-state index contributed by atoms with van der Waals surface area (Å²) in [5, 5.41) is 0. The Labute approximate surface area is 195 Å². The van der Waals surface area contributed by atoms with Crippen molar-refractivity contribution in [3.8, 4) is 0 Å². The highest BCUT2D eigenvalue weighted by molar-refractivity contribution is 5.18. The third kappa shape index (κ3) is 10.7. The maximum absolute atomic E-state index is 13.9. The molecule has 1 unspecified atom stereocenters. The average Bonchev–Trinajstić information content (AvgIpc) is 2.76. The van der Waals surface area contributed by atoms with Crippen molar-refractivity contribution < 1.29 is 23.0 Å². The summed E-state index contributed by atoms with van der Waals surface area (Å²) in [7, 11) is 0. The Hall–Kier alpha value is -1.04. The Morgan fingerprint density at radius 3 is 1.78 bits per heavy atom. The third-order valence-electron chi connectivity index (χ3n) is 5.96. The highest BCUT2D eigenvalue weighted by Crippen LogP contribution is 2.34. The zero-order valence-electron chi connectivity index (χ0n) is 20.9. The first kappa shape index (κ1) is 29.0. The van der Waals surface area contributed by atoms with Gasteiger partial charge in [0.25, 0.3) is 5.97 Å². The molecule has 0 amide bonds. The van der Waals surface area contributed by atoms with E-state index in [4.69, 9.17) is 14.2 Å². The van der Waals surface area contributed by atoms with Crippen molar-refractivity contribution >= 4 is 0 Å². The minimum absolute atomic E-state index is 0.163. The molecular weight excluding hydrogens is 410 g/mol. The summed E-state index contributed by atoms with van der Waals surface area (Å²) in [4.78, 5) is 0. The van der Waals surface area contributed by atoms with Gasteiger partial charge < -0.3 is 14.2 Å². The number of unbranched alkanes of at least 4 members (excludes halogenated alkanes) is 7. The number of aryl methyl sites for hydroxylation is 1. The second kappa shape index (κ2) is 17.4. The maximum atomic E-state index is 13.9. The first-order chi connectivity index (χ1) is 15.5. The maximum Gasteiger partial charge on any atom is 0.285 e. The summed E-state index contributed by atoms with van der Waals surface area (Å²) in [6, 6.07) is 3.85. The summed E-state index contributed by atoms with van der Waals surface area (Å²) in [6.45, 7) is 9.79.